The number of hydrogen-bond donors (Lipinski definition) is 4. The fourth-order valence-electron chi connectivity index (χ4n) is 5.34. The van der Waals surface area contributed by atoms with E-state index in [0.717, 1.165) is 69.0 Å². The summed E-state index contributed by atoms with van der Waals surface area (Å²) in [5.74, 6) is 2.99. The molecule has 11 nitrogen and oxygen atoms in total. The largest absolute Gasteiger partial charge is 0.388 e. The summed E-state index contributed by atoms with van der Waals surface area (Å²) in [5.41, 5.74) is 4.83. The van der Waals surface area contributed by atoms with E-state index in [1.807, 2.05) is 31.3 Å². The van der Waals surface area contributed by atoms with Gasteiger partial charge in [0.1, 0.15) is 17.8 Å². The van der Waals surface area contributed by atoms with Crippen molar-refractivity contribution in [3.05, 3.63) is 72.0 Å². The zero-order valence-corrected chi connectivity index (χ0v) is 24.9. The Hall–Kier alpha value is -4.50. The van der Waals surface area contributed by atoms with Gasteiger partial charge in [-0.2, -0.15) is 0 Å². The van der Waals surface area contributed by atoms with Crippen LogP contribution >= 0.6 is 0 Å². The Labute approximate surface area is 253 Å². The predicted molar refractivity (Wildman–Crippen MR) is 170 cm³/mol. The summed E-state index contributed by atoms with van der Waals surface area (Å²) in [5, 5.41) is 17.0. The van der Waals surface area contributed by atoms with Crippen molar-refractivity contribution >= 4 is 23.6 Å². The van der Waals surface area contributed by atoms with Crippen molar-refractivity contribution in [2.75, 3.05) is 70.8 Å². The highest BCUT2D eigenvalue weighted by molar-refractivity contribution is 5.89. The molecule has 2 aliphatic rings. The SMILES string of the molecule is C#C/C(=C(\C=C(/COC)Nc1cc(-c2ccc(NC)c(C=N)c2)ncn1)NC(=O)C=C)N1CCC(N2CCOCC2)CC1. The molecule has 4 N–H and O–H groups in total. The summed E-state index contributed by atoms with van der Waals surface area (Å²) >= 11 is 0. The van der Waals surface area contributed by atoms with Gasteiger partial charge in [-0.05, 0) is 37.1 Å². The summed E-state index contributed by atoms with van der Waals surface area (Å²) in [7, 11) is 3.41. The maximum absolute atomic E-state index is 12.5. The normalized spacial score (nSPS) is 17.0. The van der Waals surface area contributed by atoms with Crippen LogP contribution in [0.1, 0.15) is 18.4 Å². The molecular formula is C32H40N8O3. The molecule has 2 saturated heterocycles. The smallest absolute Gasteiger partial charge is 0.247 e. The van der Waals surface area contributed by atoms with Crippen molar-refractivity contribution in [3.63, 3.8) is 0 Å². The Morgan fingerprint density at radius 2 is 2.00 bits per heavy atom. The Kier molecular flexibility index (Phi) is 11.4. The van der Waals surface area contributed by atoms with Gasteiger partial charge >= 0.3 is 0 Å². The number of allylic oxidation sites excluding steroid dienone is 2. The minimum absolute atomic E-state index is 0.207. The number of nitrogens with one attached hydrogen (secondary N) is 4. The molecule has 11 heteroatoms. The highest BCUT2D eigenvalue weighted by Gasteiger charge is 2.27. The van der Waals surface area contributed by atoms with Crippen molar-refractivity contribution in [1.29, 1.82) is 5.41 Å². The molecule has 1 amide bonds. The van der Waals surface area contributed by atoms with Crippen LogP contribution in [-0.2, 0) is 14.3 Å². The molecule has 0 saturated carbocycles. The number of amides is 1. The molecule has 0 bridgehead atoms. The maximum atomic E-state index is 12.5. The van der Waals surface area contributed by atoms with E-state index in [1.54, 1.807) is 13.2 Å². The highest BCUT2D eigenvalue weighted by atomic mass is 16.5. The second-order valence-electron chi connectivity index (χ2n) is 10.2. The van der Waals surface area contributed by atoms with E-state index in [-0.39, 0.29) is 12.5 Å². The van der Waals surface area contributed by atoms with Crippen LogP contribution in [0.4, 0.5) is 11.5 Å². The first-order valence-electron chi connectivity index (χ1n) is 14.3. The number of terminal acetylenes is 1. The Bertz CT molecular complexity index is 1400. The number of hydrogen-bond acceptors (Lipinski definition) is 10. The van der Waals surface area contributed by atoms with Crippen LogP contribution in [0.25, 0.3) is 11.3 Å². The molecule has 0 aliphatic carbocycles. The Morgan fingerprint density at radius 1 is 1.23 bits per heavy atom. The predicted octanol–water partition coefficient (Wildman–Crippen LogP) is 3.07. The summed E-state index contributed by atoms with van der Waals surface area (Å²) in [4.78, 5) is 26.0. The van der Waals surface area contributed by atoms with Gasteiger partial charge in [0.15, 0.2) is 0 Å². The van der Waals surface area contributed by atoms with E-state index in [2.05, 4.69) is 48.2 Å². The van der Waals surface area contributed by atoms with E-state index in [0.29, 0.717) is 34.6 Å². The number of ether oxygens (including phenoxy) is 2. The lowest BCUT2D eigenvalue weighted by Crippen LogP contribution is -2.49. The second-order valence-corrected chi connectivity index (χ2v) is 10.2. The second kappa shape index (κ2) is 15.7. The molecule has 43 heavy (non-hydrogen) atoms. The van der Waals surface area contributed by atoms with E-state index >= 15 is 0 Å². The van der Waals surface area contributed by atoms with Gasteiger partial charge < -0.3 is 35.7 Å². The first-order valence-corrected chi connectivity index (χ1v) is 14.3. The van der Waals surface area contributed by atoms with Gasteiger partial charge in [-0.1, -0.05) is 18.6 Å². The van der Waals surface area contributed by atoms with Crippen molar-refractivity contribution in [2.45, 2.75) is 18.9 Å². The number of carbonyl (C=O) groups excluding carboxylic acids is 1. The summed E-state index contributed by atoms with van der Waals surface area (Å²) < 4.78 is 11.0. The molecule has 0 radical (unpaired) electrons. The minimum atomic E-state index is -0.365. The Balaban J connectivity index is 1.60. The third kappa shape index (κ3) is 8.29. The lowest BCUT2D eigenvalue weighted by molar-refractivity contribution is -0.115. The number of carbonyl (C=O) groups is 1. The monoisotopic (exact) mass is 584 g/mol. The molecule has 1 aromatic carbocycles. The zero-order chi connectivity index (χ0) is 30.6. The van der Waals surface area contributed by atoms with Gasteiger partial charge in [-0.3, -0.25) is 9.69 Å². The number of methoxy groups -OCH3 is 1. The van der Waals surface area contributed by atoms with Gasteiger partial charge in [0, 0.05) is 81.2 Å². The third-order valence-electron chi connectivity index (χ3n) is 7.52. The van der Waals surface area contributed by atoms with E-state index in [1.165, 1.54) is 18.6 Å². The number of likely N-dealkylation sites (tertiary alicyclic amines) is 1. The first kappa shape index (κ1) is 31.4. The molecule has 3 heterocycles. The number of rotatable bonds is 12. The molecule has 0 unspecified atom stereocenters. The number of nitrogens with zero attached hydrogens (tertiary/aromatic N) is 4. The zero-order valence-electron chi connectivity index (χ0n) is 24.9. The molecule has 1 aromatic heterocycles. The van der Waals surface area contributed by atoms with Crippen molar-refractivity contribution in [1.82, 2.24) is 25.1 Å². The van der Waals surface area contributed by atoms with Crippen LogP contribution < -0.4 is 16.0 Å². The van der Waals surface area contributed by atoms with Gasteiger partial charge in [-0.25, -0.2) is 9.97 Å². The molecule has 0 spiro atoms. The Morgan fingerprint density at radius 3 is 2.65 bits per heavy atom. The van der Waals surface area contributed by atoms with Gasteiger partial charge in [0.2, 0.25) is 5.91 Å². The van der Waals surface area contributed by atoms with Crippen LogP contribution in [0.2, 0.25) is 0 Å². The van der Waals surface area contributed by atoms with Gasteiger partial charge in [0.05, 0.1) is 31.2 Å². The molecule has 0 atom stereocenters. The van der Waals surface area contributed by atoms with Gasteiger partial charge in [-0.15, -0.1) is 6.42 Å². The average Bonchev–Trinajstić information content (AvgIpc) is 3.05. The number of benzene rings is 1. The van der Waals surface area contributed by atoms with E-state index in [9.17, 15) is 4.79 Å². The van der Waals surface area contributed by atoms with Gasteiger partial charge in [0.25, 0.3) is 0 Å². The van der Waals surface area contributed by atoms with Crippen molar-refractivity contribution in [3.8, 4) is 23.6 Å². The van der Waals surface area contributed by atoms with Crippen LogP contribution in [0.5, 0.6) is 0 Å². The lowest BCUT2D eigenvalue weighted by Gasteiger charge is -2.41. The number of piperidine rings is 1. The molecule has 2 aliphatic heterocycles. The minimum Gasteiger partial charge on any atom is -0.388 e. The summed E-state index contributed by atoms with van der Waals surface area (Å²) in [6, 6.07) is 8.04. The third-order valence-corrected chi connectivity index (χ3v) is 7.52. The van der Waals surface area contributed by atoms with Crippen molar-refractivity contribution < 1.29 is 14.3 Å². The van der Waals surface area contributed by atoms with E-state index in [4.69, 9.17) is 21.3 Å². The van der Waals surface area contributed by atoms with E-state index < -0.39 is 0 Å². The maximum Gasteiger partial charge on any atom is 0.247 e. The fraction of sp³-hybridized carbons (Fsp3) is 0.375. The van der Waals surface area contributed by atoms with Crippen LogP contribution in [0.15, 0.2) is 66.4 Å². The highest BCUT2D eigenvalue weighted by Crippen LogP contribution is 2.25. The number of aromatic nitrogens is 2. The molecule has 2 aromatic rings. The topological polar surface area (TPSA) is 128 Å². The summed E-state index contributed by atoms with van der Waals surface area (Å²) in [6.07, 6.45) is 13.8. The number of anilines is 2. The standard InChI is InChI=1S/C32H40N8O3/c1-5-30(40-11-9-26(10-12-40)39-13-15-43-16-14-39)29(38-32(41)6-2)18-25(21-42-4)37-31-19-28(35-22-36-31)23-7-8-27(34-3)24(17-23)20-33/h1,6-8,17-20,22,26,33-34H,2,9-16,21H2,3-4H3,(H,38,41)(H,35,36,37)/b25-18+,30-29-,33-20?. The first-order chi connectivity index (χ1) is 21.0. The fourth-order valence-corrected chi connectivity index (χ4v) is 5.34. The van der Waals surface area contributed by atoms with Crippen LogP contribution in [0.3, 0.4) is 0 Å². The van der Waals surface area contributed by atoms with Crippen molar-refractivity contribution in [2.24, 2.45) is 0 Å². The summed E-state index contributed by atoms with van der Waals surface area (Å²) in [6.45, 7) is 8.81. The lowest BCUT2D eigenvalue weighted by atomic mass is 10.0. The quantitative estimate of drug-likeness (QED) is 0.129. The number of morpholine rings is 1. The molecule has 226 valence electrons. The van der Waals surface area contributed by atoms with Crippen LogP contribution in [0, 0.1) is 17.8 Å². The molecule has 4 rings (SSSR count). The van der Waals surface area contributed by atoms with Crippen LogP contribution in [-0.4, -0.2) is 98.1 Å². The molecule has 2 fully saturated rings. The average molecular weight is 585 g/mol. The molecular weight excluding hydrogens is 544 g/mol.